The Morgan fingerprint density at radius 2 is 1.65 bits per heavy atom. The van der Waals surface area contributed by atoms with E-state index in [4.69, 9.17) is 12.2 Å². The van der Waals surface area contributed by atoms with Gasteiger partial charge in [-0.05, 0) is 48.1 Å². The van der Waals surface area contributed by atoms with Crippen LogP contribution in [0.2, 0.25) is 0 Å². The summed E-state index contributed by atoms with van der Waals surface area (Å²) in [7, 11) is -0.546. The van der Waals surface area contributed by atoms with Crippen LogP contribution in [0.1, 0.15) is 5.56 Å². The lowest BCUT2D eigenvalue weighted by Crippen LogP contribution is -2.32. The fraction of sp³-hybridized carbons (Fsp3) is 0.111. The van der Waals surface area contributed by atoms with Crippen molar-refractivity contribution in [2.75, 3.05) is 19.4 Å². The van der Waals surface area contributed by atoms with Gasteiger partial charge in [-0.15, -0.1) is 0 Å². The predicted octanol–water partition coefficient (Wildman–Crippen LogP) is 2.46. The van der Waals surface area contributed by atoms with Gasteiger partial charge in [-0.25, -0.2) is 12.7 Å². The third kappa shape index (κ3) is 5.48. The highest BCUT2D eigenvalue weighted by Gasteiger charge is 2.16. The number of amides is 1. The van der Waals surface area contributed by atoms with Crippen LogP contribution in [0, 0.1) is 0 Å². The molecular formula is C18H19N3O3S2. The summed E-state index contributed by atoms with van der Waals surface area (Å²) in [5.74, 6) is -0.363. The van der Waals surface area contributed by atoms with Crippen LogP contribution in [0.5, 0.6) is 0 Å². The molecular weight excluding hydrogens is 370 g/mol. The summed E-state index contributed by atoms with van der Waals surface area (Å²) in [5, 5.41) is 5.49. The van der Waals surface area contributed by atoms with Crippen LogP contribution in [0.15, 0.2) is 65.6 Å². The maximum atomic E-state index is 12.0. The molecule has 2 rings (SSSR count). The average molecular weight is 390 g/mol. The molecule has 0 saturated carbocycles. The first-order chi connectivity index (χ1) is 12.3. The average Bonchev–Trinajstić information content (AvgIpc) is 2.61. The van der Waals surface area contributed by atoms with Gasteiger partial charge in [-0.1, -0.05) is 30.3 Å². The zero-order valence-corrected chi connectivity index (χ0v) is 16.0. The molecule has 2 aromatic rings. The normalized spacial score (nSPS) is 11.5. The Balaban J connectivity index is 1.93. The van der Waals surface area contributed by atoms with Crippen molar-refractivity contribution in [1.29, 1.82) is 0 Å². The van der Waals surface area contributed by atoms with Gasteiger partial charge in [0, 0.05) is 25.9 Å². The SMILES string of the molecule is CN(C)S(=O)(=O)c1ccc(NC(=S)NC(=O)C=Cc2ccccc2)cc1. The van der Waals surface area contributed by atoms with Crippen molar-refractivity contribution in [1.82, 2.24) is 9.62 Å². The zero-order chi connectivity index (χ0) is 19.2. The maximum absolute atomic E-state index is 12.0. The van der Waals surface area contributed by atoms with Crippen molar-refractivity contribution >= 4 is 45.0 Å². The molecule has 2 aromatic carbocycles. The number of hydrogen-bond donors (Lipinski definition) is 2. The van der Waals surface area contributed by atoms with Gasteiger partial charge in [0.2, 0.25) is 15.9 Å². The fourth-order valence-corrected chi connectivity index (χ4v) is 3.09. The van der Waals surface area contributed by atoms with E-state index in [1.54, 1.807) is 18.2 Å². The van der Waals surface area contributed by atoms with E-state index >= 15 is 0 Å². The van der Waals surface area contributed by atoms with E-state index in [1.807, 2.05) is 30.3 Å². The number of nitrogens with zero attached hydrogens (tertiary/aromatic N) is 1. The predicted molar refractivity (Wildman–Crippen MR) is 107 cm³/mol. The zero-order valence-electron chi connectivity index (χ0n) is 14.3. The molecule has 0 aliphatic rings. The van der Waals surface area contributed by atoms with E-state index in [0.717, 1.165) is 9.87 Å². The van der Waals surface area contributed by atoms with Crippen LogP contribution < -0.4 is 10.6 Å². The van der Waals surface area contributed by atoms with Gasteiger partial charge in [0.25, 0.3) is 0 Å². The number of hydrogen-bond acceptors (Lipinski definition) is 4. The molecule has 0 heterocycles. The lowest BCUT2D eigenvalue weighted by atomic mass is 10.2. The summed E-state index contributed by atoms with van der Waals surface area (Å²) < 4.78 is 25.2. The molecule has 0 atom stereocenters. The Morgan fingerprint density at radius 1 is 1.04 bits per heavy atom. The standard InChI is InChI=1S/C18H19N3O3S2/c1-21(2)26(23,24)16-11-9-15(10-12-16)19-18(25)20-17(22)13-8-14-6-4-3-5-7-14/h3-13H,1-2H3,(H2,19,20,22,25). The minimum Gasteiger partial charge on any atom is -0.332 e. The van der Waals surface area contributed by atoms with Crippen molar-refractivity contribution in [2.24, 2.45) is 0 Å². The van der Waals surface area contributed by atoms with Gasteiger partial charge in [0.15, 0.2) is 5.11 Å². The molecule has 6 nitrogen and oxygen atoms in total. The molecule has 0 aliphatic carbocycles. The van der Waals surface area contributed by atoms with Crippen LogP contribution in [0.4, 0.5) is 5.69 Å². The lowest BCUT2D eigenvalue weighted by Gasteiger charge is -2.12. The van der Waals surface area contributed by atoms with Crippen LogP contribution in [-0.2, 0) is 14.8 Å². The van der Waals surface area contributed by atoms with Crippen molar-refractivity contribution in [3.05, 3.63) is 66.2 Å². The summed E-state index contributed by atoms with van der Waals surface area (Å²) >= 11 is 5.09. The number of benzene rings is 2. The highest BCUT2D eigenvalue weighted by atomic mass is 32.2. The lowest BCUT2D eigenvalue weighted by molar-refractivity contribution is -0.115. The van der Waals surface area contributed by atoms with Gasteiger partial charge in [0.05, 0.1) is 4.90 Å². The molecule has 0 aliphatic heterocycles. The largest absolute Gasteiger partial charge is 0.332 e. The Kier molecular flexibility index (Phi) is 6.62. The van der Waals surface area contributed by atoms with Gasteiger partial charge in [-0.3, -0.25) is 10.1 Å². The van der Waals surface area contributed by atoms with Crippen LogP contribution in [0.3, 0.4) is 0 Å². The molecule has 0 saturated heterocycles. The van der Waals surface area contributed by atoms with Gasteiger partial charge in [0.1, 0.15) is 0 Å². The van der Waals surface area contributed by atoms with Gasteiger partial charge in [-0.2, -0.15) is 0 Å². The van der Waals surface area contributed by atoms with Crippen molar-refractivity contribution in [3.63, 3.8) is 0 Å². The number of carbonyl (C=O) groups excluding carboxylic acids is 1. The molecule has 1 amide bonds. The number of sulfonamides is 1. The minimum absolute atomic E-state index is 0.121. The molecule has 26 heavy (non-hydrogen) atoms. The van der Waals surface area contributed by atoms with E-state index in [0.29, 0.717) is 5.69 Å². The molecule has 0 fully saturated rings. The number of thiocarbonyl (C=S) groups is 1. The van der Waals surface area contributed by atoms with Crippen LogP contribution in [-0.4, -0.2) is 37.8 Å². The maximum Gasteiger partial charge on any atom is 0.250 e. The summed E-state index contributed by atoms with van der Waals surface area (Å²) in [5.41, 5.74) is 1.47. The smallest absolute Gasteiger partial charge is 0.250 e. The number of nitrogens with one attached hydrogen (secondary N) is 2. The third-order valence-corrected chi connectivity index (χ3v) is 5.39. The first-order valence-corrected chi connectivity index (χ1v) is 9.51. The van der Waals surface area contributed by atoms with Crippen molar-refractivity contribution in [3.8, 4) is 0 Å². The Labute approximate surface area is 158 Å². The Bertz CT molecular complexity index is 906. The van der Waals surface area contributed by atoms with Crippen LogP contribution >= 0.6 is 12.2 Å². The van der Waals surface area contributed by atoms with Gasteiger partial charge < -0.3 is 5.32 Å². The number of carbonyl (C=O) groups is 1. The Hall–Kier alpha value is -2.55. The molecule has 0 radical (unpaired) electrons. The summed E-state index contributed by atoms with van der Waals surface area (Å²) in [4.78, 5) is 12.0. The first-order valence-electron chi connectivity index (χ1n) is 7.67. The second-order valence-corrected chi connectivity index (χ2v) is 8.06. The van der Waals surface area contributed by atoms with E-state index in [9.17, 15) is 13.2 Å². The molecule has 8 heteroatoms. The monoisotopic (exact) mass is 389 g/mol. The summed E-state index contributed by atoms with van der Waals surface area (Å²) in [6, 6.07) is 15.5. The molecule has 0 bridgehead atoms. The number of rotatable bonds is 5. The van der Waals surface area contributed by atoms with E-state index in [2.05, 4.69) is 10.6 Å². The topological polar surface area (TPSA) is 78.5 Å². The van der Waals surface area contributed by atoms with Gasteiger partial charge >= 0.3 is 0 Å². The molecule has 0 spiro atoms. The molecule has 0 aromatic heterocycles. The highest BCUT2D eigenvalue weighted by Crippen LogP contribution is 2.16. The second-order valence-electron chi connectivity index (χ2n) is 5.50. The quantitative estimate of drug-likeness (QED) is 0.607. The fourth-order valence-electron chi connectivity index (χ4n) is 1.97. The minimum atomic E-state index is -3.48. The first kappa shape index (κ1) is 19.8. The third-order valence-electron chi connectivity index (χ3n) is 3.35. The van der Waals surface area contributed by atoms with Crippen molar-refractivity contribution in [2.45, 2.75) is 4.90 Å². The van der Waals surface area contributed by atoms with E-state index in [-0.39, 0.29) is 15.9 Å². The number of anilines is 1. The van der Waals surface area contributed by atoms with Crippen molar-refractivity contribution < 1.29 is 13.2 Å². The highest BCUT2D eigenvalue weighted by molar-refractivity contribution is 7.89. The molecule has 136 valence electrons. The molecule has 0 unspecified atom stereocenters. The molecule has 2 N–H and O–H groups in total. The Morgan fingerprint density at radius 3 is 2.23 bits per heavy atom. The second kappa shape index (κ2) is 8.70. The van der Waals surface area contributed by atoms with Crippen LogP contribution in [0.25, 0.3) is 6.08 Å². The summed E-state index contributed by atoms with van der Waals surface area (Å²) in [6.07, 6.45) is 3.06. The van der Waals surface area contributed by atoms with E-state index < -0.39 is 10.0 Å². The summed E-state index contributed by atoms with van der Waals surface area (Å²) in [6.45, 7) is 0. The van der Waals surface area contributed by atoms with E-state index in [1.165, 1.54) is 32.3 Å².